The summed E-state index contributed by atoms with van der Waals surface area (Å²) in [6, 6.07) is 1.51. The summed E-state index contributed by atoms with van der Waals surface area (Å²) < 4.78 is 33.6. The molecule has 0 radical (unpaired) electrons. The van der Waals surface area contributed by atoms with E-state index in [1.54, 1.807) is 10.3 Å². The lowest BCUT2D eigenvalue weighted by atomic mass is 9.97. The van der Waals surface area contributed by atoms with Gasteiger partial charge >= 0.3 is 11.8 Å². The second-order valence-corrected chi connectivity index (χ2v) is 10.6. The number of hydrogen-bond donors (Lipinski definition) is 1. The monoisotopic (exact) mass is 450 g/mol. The van der Waals surface area contributed by atoms with Crippen molar-refractivity contribution in [1.29, 1.82) is 0 Å². The van der Waals surface area contributed by atoms with E-state index in [2.05, 4.69) is 21.0 Å². The van der Waals surface area contributed by atoms with Crippen LogP contribution < -0.4 is 4.72 Å². The van der Waals surface area contributed by atoms with E-state index in [0.29, 0.717) is 25.2 Å². The fourth-order valence-corrected chi connectivity index (χ4v) is 6.01. The molecule has 1 aliphatic heterocycles. The summed E-state index contributed by atoms with van der Waals surface area (Å²) in [5.74, 6) is -0.169. The van der Waals surface area contributed by atoms with Gasteiger partial charge in [-0.25, -0.2) is 13.1 Å². The molecular weight excluding hydrogens is 424 g/mol. The zero-order chi connectivity index (χ0) is 21.0. The van der Waals surface area contributed by atoms with Crippen molar-refractivity contribution in [2.45, 2.75) is 55.6 Å². The van der Waals surface area contributed by atoms with Gasteiger partial charge in [0.05, 0.1) is 5.56 Å². The third-order valence-electron chi connectivity index (χ3n) is 5.46. The number of hydrogen-bond acceptors (Lipinski definition) is 7. The molecule has 1 fully saturated rings. The highest BCUT2D eigenvalue weighted by atomic mass is 32.2. The summed E-state index contributed by atoms with van der Waals surface area (Å²) in [5, 5.41) is 9.46. The number of piperidine rings is 1. The van der Waals surface area contributed by atoms with Gasteiger partial charge in [-0.1, -0.05) is 11.6 Å². The maximum atomic E-state index is 12.6. The van der Waals surface area contributed by atoms with Crippen LogP contribution in [0.25, 0.3) is 11.5 Å². The standard InChI is InChI=1S/C20H26N4O4S2/c25-20(24-11-5-2-6-12-24)19-23-22-18(28-19)16-13-17(29-14-16)30(26,27)21-10-9-15-7-3-1-4-8-15/h7,13-14,21H,1-6,8-12H2. The molecule has 0 spiro atoms. The molecule has 162 valence electrons. The van der Waals surface area contributed by atoms with Crippen LogP contribution in [0.1, 0.15) is 62.1 Å². The SMILES string of the molecule is O=C(c1nnc(-c2csc(S(=O)(=O)NCCC3=CCCCC3)c2)o1)N1CCCCC1. The molecule has 10 heteroatoms. The van der Waals surface area contributed by atoms with Gasteiger partial charge in [0.1, 0.15) is 4.21 Å². The minimum absolute atomic E-state index is 0.0543. The molecule has 0 bridgehead atoms. The highest BCUT2D eigenvalue weighted by Gasteiger charge is 2.25. The third kappa shape index (κ3) is 4.98. The largest absolute Gasteiger partial charge is 0.412 e. The average molecular weight is 451 g/mol. The first-order valence-electron chi connectivity index (χ1n) is 10.4. The molecule has 1 amide bonds. The van der Waals surface area contributed by atoms with Gasteiger partial charge in [0.25, 0.3) is 0 Å². The number of rotatable bonds is 7. The topological polar surface area (TPSA) is 105 Å². The van der Waals surface area contributed by atoms with Crippen LogP contribution in [0.15, 0.2) is 31.7 Å². The third-order valence-corrected chi connectivity index (χ3v) is 8.36. The predicted molar refractivity (Wildman–Crippen MR) is 114 cm³/mol. The van der Waals surface area contributed by atoms with Gasteiger partial charge in [-0.2, -0.15) is 0 Å². The first-order chi connectivity index (χ1) is 14.5. The Morgan fingerprint density at radius 2 is 2.00 bits per heavy atom. The lowest BCUT2D eigenvalue weighted by Crippen LogP contribution is -2.35. The summed E-state index contributed by atoms with van der Waals surface area (Å²) >= 11 is 1.09. The average Bonchev–Trinajstić information content (AvgIpc) is 3.45. The Balaban J connectivity index is 1.39. The number of allylic oxidation sites excluding steroid dienone is 1. The van der Waals surface area contributed by atoms with E-state index in [0.717, 1.165) is 49.9 Å². The van der Waals surface area contributed by atoms with E-state index in [-0.39, 0.29) is 21.9 Å². The molecule has 1 saturated heterocycles. The number of amides is 1. The number of carbonyl (C=O) groups excluding carboxylic acids is 1. The van der Waals surface area contributed by atoms with Gasteiger partial charge < -0.3 is 9.32 Å². The molecule has 2 aromatic heterocycles. The Bertz CT molecular complexity index is 1020. The minimum atomic E-state index is -3.60. The zero-order valence-corrected chi connectivity index (χ0v) is 18.4. The number of nitrogens with one attached hydrogen (secondary N) is 1. The molecule has 0 aromatic carbocycles. The second kappa shape index (κ2) is 9.40. The van der Waals surface area contributed by atoms with Crippen LogP contribution in [0.4, 0.5) is 0 Å². The minimum Gasteiger partial charge on any atom is -0.412 e. The van der Waals surface area contributed by atoms with Crippen molar-refractivity contribution in [3.8, 4) is 11.5 Å². The van der Waals surface area contributed by atoms with Crippen molar-refractivity contribution in [1.82, 2.24) is 19.8 Å². The number of likely N-dealkylation sites (tertiary alicyclic amines) is 1. The Morgan fingerprint density at radius 1 is 1.17 bits per heavy atom. The fraction of sp³-hybridized carbons (Fsp3) is 0.550. The van der Waals surface area contributed by atoms with Gasteiger partial charge in [0.2, 0.25) is 15.9 Å². The molecule has 2 aliphatic rings. The summed E-state index contributed by atoms with van der Waals surface area (Å²) in [6.45, 7) is 1.77. The molecule has 1 aliphatic carbocycles. The lowest BCUT2D eigenvalue weighted by molar-refractivity contribution is 0.0684. The van der Waals surface area contributed by atoms with Crippen LogP contribution in [-0.2, 0) is 10.0 Å². The molecular formula is C20H26N4O4S2. The zero-order valence-electron chi connectivity index (χ0n) is 16.8. The molecule has 8 nitrogen and oxygen atoms in total. The summed E-state index contributed by atoms with van der Waals surface area (Å²) in [5.41, 5.74) is 1.83. The smallest absolute Gasteiger partial charge is 0.311 e. The number of aromatic nitrogens is 2. The molecule has 30 heavy (non-hydrogen) atoms. The van der Waals surface area contributed by atoms with E-state index >= 15 is 0 Å². The van der Waals surface area contributed by atoms with Crippen LogP contribution in [0.2, 0.25) is 0 Å². The van der Waals surface area contributed by atoms with E-state index in [1.165, 1.54) is 24.5 Å². The molecule has 0 unspecified atom stereocenters. The van der Waals surface area contributed by atoms with Crippen LogP contribution in [0.5, 0.6) is 0 Å². The van der Waals surface area contributed by atoms with E-state index in [4.69, 9.17) is 4.42 Å². The van der Waals surface area contributed by atoms with Crippen molar-refractivity contribution in [2.24, 2.45) is 0 Å². The van der Waals surface area contributed by atoms with Crippen molar-refractivity contribution >= 4 is 27.3 Å². The van der Waals surface area contributed by atoms with Crippen LogP contribution in [0.3, 0.4) is 0 Å². The van der Waals surface area contributed by atoms with E-state index in [1.807, 2.05) is 0 Å². The van der Waals surface area contributed by atoms with Crippen molar-refractivity contribution in [3.63, 3.8) is 0 Å². The Hall–Kier alpha value is -2.04. The Morgan fingerprint density at radius 3 is 2.77 bits per heavy atom. The summed E-state index contributed by atoms with van der Waals surface area (Å²) in [7, 11) is -3.60. The maximum Gasteiger partial charge on any atom is 0.311 e. The van der Waals surface area contributed by atoms with Crippen LogP contribution in [-0.4, -0.2) is 49.1 Å². The van der Waals surface area contributed by atoms with Crippen LogP contribution in [0, 0.1) is 0 Å². The molecule has 3 heterocycles. The number of sulfonamides is 1. The van der Waals surface area contributed by atoms with Crippen molar-refractivity contribution in [3.05, 3.63) is 29.0 Å². The van der Waals surface area contributed by atoms with Gasteiger partial charge in [-0.15, -0.1) is 21.5 Å². The Labute approximate surface area is 180 Å². The van der Waals surface area contributed by atoms with Crippen LogP contribution >= 0.6 is 11.3 Å². The number of nitrogens with zero attached hydrogens (tertiary/aromatic N) is 3. The van der Waals surface area contributed by atoms with Crippen molar-refractivity contribution in [2.75, 3.05) is 19.6 Å². The van der Waals surface area contributed by atoms with Gasteiger partial charge in [0, 0.05) is 25.0 Å². The van der Waals surface area contributed by atoms with Crippen molar-refractivity contribution < 1.29 is 17.6 Å². The number of carbonyl (C=O) groups is 1. The normalized spacial score (nSPS) is 17.7. The second-order valence-electron chi connectivity index (χ2n) is 7.68. The molecule has 0 saturated carbocycles. The lowest BCUT2D eigenvalue weighted by Gasteiger charge is -2.24. The fourth-order valence-electron chi connectivity index (χ4n) is 3.78. The first kappa shape index (κ1) is 21.2. The first-order valence-corrected chi connectivity index (χ1v) is 12.8. The molecule has 2 aromatic rings. The Kier molecular flexibility index (Phi) is 6.64. The molecule has 0 atom stereocenters. The quantitative estimate of drug-likeness (QED) is 0.646. The van der Waals surface area contributed by atoms with E-state index < -0.39 is 10.0 Å². The van der Waals surface area contributed by atoms with Gasteiger partial charge in [0.15, 0.2) is 0 Å². The summed E-state index contributed by atoms with van der Waals surface area (Å²) in [4.78, 5) is 14.2. The highest BCUT2D eigenvalue weighted by Crippen LogP contribution is 2.28. The molecule has 1 N–H and O–H groups in total. The van der Waals surface area contributed by atoms with Gasteiger partial charge in [-0.3, -0.25) is 4.79 Å². The number of thiophene rings is 1. The summed E-state index contributed by atoms with van der Waals surface area (Å²) in [6.07, 6.45) is 10.6. The predicted octanol–water partition coefficient (Wildman–Crippen LogP) is 3.59. The van der Waals surface area contributed by atoms with E-state index in [9.17, 15) is 13.2 Å². The highest BCUT2D eigenvalue weighted by molar-refractivity contribution is 7.91. The molecule has 4 rings (SSSR count). The van der Waals surface area contributed by atoms with Gasteiger partial charge in [-0.05, 0) is 57.4 Å². The maximum absolute atomic E-state index is 12.6.